The monoisotopic (exact) mass is 445 g/mol. The number of imide groups is 1. The van der Waals surface area contributed by atoms with Gasteiger partial charge in [0.2, 0.25) is 0 Å². The summed E-state index contributed by atoms with van der Waals surface area (Å²) < 4.78 is 4.92. The Kier molecular flexibility index (Phi) is 5.93. The molecule has 2 aromatic carbocycles. The Bertz CT molecular complexity index is 1310. The van der Waals surface area contributed by atoms with Crippen LogP contribution in [-0.4, -0.2) is 51.9 Å². The number of aromatic nitrogens is 1. The average Bonchev–Trinajstić information content (AvgIpc) is 3.35. The van der Waals surface area contributed by atoms with E-state index in [1.54, 1.807) is 48.7 Å². The molecule has 0 bridgehead atoms. The normalized spacial score (nSPS) is 13.3. The second kappa shape index (κ2) is 8.98. The van der Waals surface area contributed by atoms with Gasteiger partial charge in [0.15, 0.2) is 0 Å². The summed E-state index contributed by atoms with van der Waals surface area (Å²) in [4.78, 5) is 53.7. The number of aromatic amines is 1. The highest BCUT2D eigenvalue weighted by atomic mass is 16.5. The van der Waals surface area contributed by atoms with E-state index in [0.717, 1.165) is 15.8 Å². The Morgan fingerprint density at radius 1 is 1.15 bits per heavy atom. The first-order chi connectivity index (χ1) is 15.9. The van der Waals surface area contributed by atoms with Gasteiger partial charge in [-0.1, -0.05) is 24.0 Å². The molecule has 1 aliphatic rings. The van der Waals surface area contributed by atoms with E-state index in [2.05, 4.69) is 16.8 Å². The molecule has 3 amide bonds. The summed E-state index contributed by atoms with van der Waals surface area (Å²) in [6, 6.07) is 10.6. The Labute approximate surface area is 188 Å². The number of rotatable bonds is 5. The van der Waals surface area contributed by atoms with E-state index in [1.807, 2.05) is 0 Å². The smallest absolute Gasteiger partial charge is 0.329 e. The number of benzene rings is 2. The molecule has 3 N–H and O–H groups in total. The molecule has 9 heteroatoms. The van der Waals surface area contributed by atoms with Crippen LogP contribution in [0.25, 0.3) is 10.9 Å². The minimum absolute atomic E-state index is 0.0436. The number of esters is 1. The minimum Gasteiger partial charge on any atom is -0.467 e. The molecule has 3 aromatic rings. The number of nitrogens with zero attached hydrogens (tertiary/aromatic N) is 1. The fourth-order valence-electron chi connectivity index (χ4n) is 3.81. The van der Waals surface area contributed by atoms with Crippen LogP contribution in [0.2, 0.25) is 0 Å². The Balaban J connectivity index is 1.66. The van der Waals surface area contributed by atoms with Gasteiger partial charge in [-0.05, 0) is 35.9 Å². The van der Waals surface area contributed by atoms with E-state index < -0.39 is 29.7 Å². The van der Waals surface area contributed by atoms with Crippen LogP contribution >= 0.6 is 0 Å². The highest BCUT2D eigenvalue weighted by Crippen LogP contribution is 2.28. The van der Waals surface area contributed by atoms with Crippen molar-refractivity contribution in [3.8, 4) is 11.8 Å². The molecule has 0 saturated carbocycles. The molecule has 1 aromatic heterocycles. The van der Waals surface area contributed by atoms with Crippen molar-refractivity contribution < 1.29 is 29.1 Å². The van der Waals surface area contributed by atoms with E-state index in [1.165, 1.54) is 12.6 Å². The third-order valence-electron chi connectivity index (χ3n) is 5.40. The van der Waals surface area contributed by atoms with Gasteiger partial charge < -0.3 is 9.72 Å². The first-order valence-corrected chi connectivity index (χ1v) is 10.0. The third kappa shape index (κ3) is 4.07. The van der Waals surface area contributed by atoms with Crippen LogP contribution < -0.4 is 5.48 Å². The summed E-state index contributed by atoms with van der Waals surface area (Å²) in [5, 5.41) is 9.30. The lowest BCUT2D eigenvalue weighted by Gasteiger charge is -2.23. The lowest BCUT2D eigenvalue weighted by molar-refractivity contribution is -0.145. The van der Waals surface area contributed by atoms with Crippen LogP contribution in [-0.2, 0) is 20.7 Å². The number of amides is 3. The predicted octanol–water partition coefficient (Wildman–Crippen LogP) is 1.80. The molecule has 33 heavy (non-hydrogen) atoms. The molecule has 0 radical (unpaired) electrons. The summed E-state index contributed by atoms with van der Waals surface area (Å²) in [5.74, 6) is 3.09. The van der Waals surface area contributed by atoms with Crippen LogP contribution in [0, 0.1) is 11.8 Å². The van der Waals surface area contributed by atoms with Gasteiger partial charge >= 0.3 is 5.97 Å². The van der Waals surface area contributed by atoms with Gasteiger partial charge in [-0.3, -0.25) is 24.5 Å². The fourth-order valence-corrected chi connectivity index (χ4v) is 3.81. The molecule has 1 aliphatic heterocycles. The van der Waals surface area contributed by atoms with Crippen LogP contribution in [0.3, 0.4) is 0 Å². The number of hydrogen-bond acceptors (Lipinski definition) is 6. The van der Waals surface area contributed by atoms with E-state index in [4.69, 9.17) is 9.94 Å². The van der Waals surface area contributed by atoms with Crippen LogP contribution in [0.1, 0.15) is 38.3 Å². The number of fused-ring (bicyclic) bond motifs is 2. The molecule has 0 saturated heterocycles. The lowest BCUT2D eigenvalue weighted by atomic mass is 10.0. The Morgan fingerprint density at radius 2 is 1.85 bits per heavy atom. The van der Waals surface area contributed by atoms with Crippen molar-refractivity contribution in [1.82, 2.24) is 15.4 Å². The summed E-state index contributed by atoms with van der Waals surface area (Å²) >= 11 is 0. The van der Waals surface area contributed by atoms with Crippen molar-refractivity contribution in [2.24, 2.45) is 0 Å². The van der Waals surface area contributed by atoms with Gasteiger partial charge in [-0.25, -0.2) is 10.3 Å². The first kappa shape index (κ1) is 21.8. The number of methoxy groups -OCH3 is 1. The highest BCUT2D eigenvalue weighted by Gasteiger charge is 2.43. The number of hydroxylamine groups is 1. The Hall–Kier alpha value is -4.42. The fraction of sp³-hybridized carbons (Fsp3) is 0.167. The van der Waals surface area contributed by atoms with Crippen LogP contribution in [0.5, 0.6) is 0 Å². The van der Waals surface area contributed by atoms with Gasteiger partial charge in [-0.15, -0.1) is 0 Å². The van der Waals surface area contributed by atoms with E-state index >= 15 is 0 Å². The maximum Gasteiger partial charge on any atom is 0.329 e. The van der Waals surface area contributed by atoms with E-state index in [9.17, 15) is 19.2 Å². The van der Waals surface area contributed by atoms with Crippen molar-refractivity contribution in [1.29, 1.82) is 0 Å². The molecule has 0 spiro atoms. The molecule has 0 fully saturated rings. The molecule has 0 aliphatic carbocycles. The number of carbonyl (C=O) groups excluding carboxylic acids is 4. The second-order valence-electron chi connectivity index (χ2n) is 7.36. The Morgan fingerprint density at radius 3 is 2.48 bits per heavy atom. The summed E-state index contributed by atoms with van der Waals surface area (Å²) in [7, 11) is 1.21. The summed E-state index contributed by atoms with van der Waals surface area (Å²) in [5.41, 5.74) is 4.09. The maximum absolute atomic E-state index is 12.9. The topological polar surface area (TPSA) is 129 Å². The minimum atomic E-state index is -1.15. The van der Waals surface area contributed by atoms with Crippen molar-refractivity contribution >= 4 is 34.6 Å². The molecular formula is C24H19N3O6. The molecule has 1 atom stereocenters. The van der Waals surface area contributed by atoms with Gasteiger partial charge in [-0.2, -0.15) is 0 Å². The zero-order valence-corrected chi connectivity index (χ0v) is 17.5. The van der Waals surface area contributed by atoms with Gasteiger partial charge in [0.25, 0.3) is 17.7 Å². The SMILES string of the molecule is COC(=O)[C@H](Cc1c[nH]c2ccc(C#CCC(=O)NO)cc12)N1C(=O)c2ccccc2C1=O. The quantitative estimate of drug-likeness (QED) is 0.181. The lowest BCUT2D eigenvalue weighted by Crippen LogP contribution is -2.46. The van der Waals surface area contributed by atoms with Crippen molar-refractivity contribution in [3.05, 3.63) is 70.9 Å². The standard InChI is InChI=1S/C24H19N3O6/c1-33-24(31)20(27-22(29)16-6-2-3-7-17(16)23(27)30)12-15-13-25-19-10-9-14(11-18(15)19)5-4-8-21(28)26-32/h2-3,6-7,9-11,13,20,25,32H,8,12H2,1H3,(H,26,28)/t20-/m0/s1. The summed E-state index contributed by atoms with van der Waals surface area (Å²) in [6.45, 7) is 0. The van der Waals surface area contributed by atoms with Crippen molar-refractivity contribution in [3.63, 3.8) is 0 Å². The highest BCUT2D eigenvalue weighted by molar-refractivity contribution is 6.22. The maximum atomic E-state index is 12.9. The van der Waals surface area contributed by atoms with E-state index in [0.29, 0.717) is 11.1 Å². The van der Waals surface area contributed by atoms with Gasteiger partial charge in [0, 0.05) is 29.1 Å². The number of hydrogen-bond donors (Lipinski definition) is 3. The number of nitrogens with one attached hydrogen (secondary N) is 2. The molecule has 2 heterocycles. The van der Waals surface area contributed by atoms with Crippen LogP contribution in [0.15, 0.2) is 48.7 Å². The molecule has 9 nitrogen and oxygen atoms in total. The van der Waals surface area contributed by atoms with Crippen molar-refractivity contribution in [2.45, 2.75) is 18.9 Å². The first-order valence-electron chi connectivity index (χ1n) is 10.0. The molecular weight excluding hydrogens is 426 g/mol. The molecule has 0 unspecified atom stereocenters. The predicted molar refractivity (Wildman–Crippen MR) is 116 cm³/mol. The number of ether oxygens (including phenoxy) is 1. The van der Waals surface area contributed by atoms with Gasteiger partial charge in [0.05, 0.1) is 24.7 Å². The van der Waals surface area contributed by atoms with Gasteiger partial charge in [0.1, 0.15) is 6.04 Å². The van der Waals surface area contributed by atoms with Crippen LogP contribution in [0.4, 0.5) is 0 Å². The molecule has 166 valence electrons. The zero-order valence-electron chi connectivity index (χ0n) is 17.5. The number of carbonyl (C=O) groups is 4. The zero-order chi connectivity index (χ0) is 23.5. The molecule has 4 rings (SSSR count). The average molecular weight is 445 g/mol. The van der Waals surface area contributed by atoms with E-state index in [-0.39, 0.29) is 24.0 Å². The number of H-pyrrole nitrogens is 1. The largest absolute Gasteiger partial charge is 0.467 e. The third-order valence-corrected chi connectivity index (χ3v) is 5.40. The summed E-state index contributed by atoms with van der Waals surface area (Å²) in [6.07, 6.45) is 1.58. The van der Waals surface area contributed by atoms with Crippen molar-refractivity contribution in [2.75, 3.05) is 7.11 Å². The second-order valence-corrected chi connectivity index (χ2v) is 7.36.